The number of fused-ring (bicyclic) bond motifs is 3. The molecule has 2 aromatic carbocycles. The van der Waals surface area contributed by atoms with E-state index < -0.39 is 0 Å². The number of rotatable bonds is 4. The number of aryl methyl sites for hydroxylation is 1. The highest BCUT2D eigenvalue weighted by molar-refractivity contribution is 6.06. The number of H-pyrrole nitrogens is 1. The number of hydrogen-bond acceptors (Lipinski definition) is 2. The van der Waals surface area contributed by atoms with E-state index in [-0.39, 0.29) is 5.91 Å². The molecule has 0 saturated heterocycles. The van der Waals surface area contributed by atoms with Crippen LogP contribution >= 0.6 is 0 Å². The molecule has 1 heterocycles. The third-order valence-corrected chi connectivity index (χ3v) is 5.12. The summed E-state index contributed by atoms with van der Waals surface area (Å²) in [5.41, 5.74) is 5.30. The summed E-state index contributed by atoms with van der Waals surface area (Å²) < 4.78 is 5.44. The Morgan fingerprint density at radius 1 is 1.23 bits per heavy atom. The van der Waals surface area contributed by atoms with Gasteiger partial charge < -0.3 is 15.0 Å². The second-order valence-electron chi connectivity index (χ2n) is 7.10. The molecule has 4 rings (SSSR count). The number of ether oxygens (including phenoxy) is 1. The van der Waals surface area contributed by atoms with Crippen LogP contribution in [0.4, 0.5) is 5.69 Å². The molecule has 134 valence electrons. The van der Waals surface area contributed by atoms with Crippen LogP contribution in [0.2, 0.25) is 0 Å². The van der Waals surface area contributed by atoms with Gasteiger partial charge in [0.05, 0.1) is 6.61 Å². The summed E-state index contributed by atoms with van der Waals surface area (Å²) in [5, 5.41) is 4.15. The van der Waals surface area contributed by atoms with Gasteiger partial charge in [-0.2, -0.15) is 0 Å². The van der Waals surface area contributed by atoms with E-state index in [0.29, 0.717) is 18.1 Å². The number of aromatic nitrogens is 1. The van der Waals surface area contributed by atoms with Crippen LogP contribution in [-0.2, 0) is 12.8 Å². The van der Waals surface area contributed by atoms with E-state index in [1.807, 2.05) is 49.4 Å². The van der Waals surface area contributed by atoms with Crippen molar-refractivity contribution in [2.24, 2.45) is 5.92 Å². The van der Waals surface area contributed by atoms with Crippen molar-refractivity contribution in [1.29, 1.82) is 0 Å². The van der Waals surface area contributed by atoms with Gasteiger partial charge in [-0.15, -0.1) is 0 Å². The summed E-state index contributed by atoms with van der Waals surface area (Å²) in [6.45, 7) is 4.88. The third kappa shape index (κ3) is 3.19. The second kappa shape index (κ2) is 6.87. The van der Waals surface area contributed by atoms with Crippen molar-refractivity contribution in [1.82, 2.24) is 4.98 Å². The molecule has 0 radical (unpaired) electrons. The lowest BCUT2D eigenvalue weighted by molar-refractivity contribution is 0.102. The van der Waals surface area contributed by atoms with E-state index in [1.165, 1.54) is 23.1 Å². The molecule has 0 fully saturated rings. The van der Waals surface area contributed by atoms with Gasteiger partial charge in [-0.25, -0.2) is 0 Å². The molecular weight excluding hydrogens is 324 g/mol. The fourth-order valence-corrected chi connectivity index (χ4v) is 3.74. The lowest BCUT2D eigenvalue weighted by Crippen LogP contribution is -2.12. The Bertz CT molecular complexity index is 941. The van der Waals surface area contributed by atoms with Crippen molar-refractivity contribution >= 4 is 22.5 Å². The molecule has 3 aromatic rings. The van der Waals surface area contributed by atoms with Crippen molar-refractivity contribution in [3.05, 3.63) is 59.3 Å². The van der Waals surface area contributed by atoms with Gasteiger partial charge in [0.1, 0.15) is 5.75 Å². The maximum Gasteiger partial charge on any atom is 0.255 e. The van der Waals surface area contributed by atoms with E-state index >= 15 is 0 Å². The molecule has 0 saturated carbocycles. The van der Waals surface area contributed by atoms with Gasteiger partial charge in [0.25, 0.3) is 5.91 Å². The molecule has 1 aromatic heterocycles. The van der Waals surface area contributed by atoms with Crippen molar-refractivity contribution in [2.45, 2.75) is 33.1 Å². The van der Waals surface area contributed by atoms with Gasteiger partial charge >= 0.3 is 0 Å². The molecule has 0 bridgehead atoms. The molecule has 4 heteroatoms. The summed E-state index contributed by atoms with van der Waals surface area (Å²) in [7, 11) is 0. The third-order valence-electron chi connectivity index (χ3n) is 5.12. The van der Waals surface area contributed by atoms with E-state index in [9.17, 15) is 4.79 Å². The molecule has 26 heavy (non-hydrogen) atoms. The van der Waals surface area contributed by atoms with Gasteiger partial charge in [0.15, 0.2) is 0 Å². The molecule has 0 aliphatic heterocycles. The Labute approximate surface area is 153 Å². The number of anilines is 1. The first-order chi connectivity index (χ1) is 12.6. The standard InChI is InChI=1S/C22H24N2O2/c1-3-26-17-8-6-16(7-9-17)23-22(25)15-5-11-21-19(13-15)18-12-14(2)4-10-20(18)24-21/h5-9,11,13-14,24H,3-4,10,12H2,1-2H3,(H,23,25). The Balaban J connectivity index is 1.57. The SMILES string of the molecule is CCOc1ccc(NC(=O)c2ccc3[nH]c4c(c3c2)CC(C)CC4)cc1. The predicted octanol–water partition coefficient (Wildman–Crippen LogP) is 4.94. The number of nitrogens with one attached hydrogen (secondary N) is 2. The van der Waals surface area contributed by atoms with E-state index in [0.717, 1.165) is 29.8 Å². The van der Waals surface area contributed by atoms with Crippen LogP contribution < -0.4 is 10.1 Å². The lowest BCUT2D eigenvalue weighted by atomic mass is 9.87. The maximum absolute atomic E-state index is 12.7. The molecule has 1 amide bonds. The zero-order valence-electron chi connectivity index (χ0n) is 15.3. The van der Waals surface area contributed by atoms with Crippen LogP contribution in [0.1, 0.15) is 41.9 Å². The average Bonchev–Trinajstić information content (AvgIpc) is 3.00. The zero-order valence-corrected chi connectivity index (χ0v) is 15.3. The predicted molar refractivity (Wildman–Crippen MR) is 105 cm³/mol. The summed E-state index contributed by atoms with van der Waals surface area (Å²) in [6.07, 6.45) is 3.41. The first-order valence-corrected chi connectivity index (χ1v) is 9.31. The van der Waals surface area contributed by atoms with Crippen LogP contribution in [0.3, 0.4) is 0 Å². The van der Waals surface area contributed by atoms with Crippen LogP contribution in [-0.4, -0.2) is 17.5 Å². The topological polar surface area (TPSA) is 54.1 Å². The van der Waals surface area contributed by atoms with Crippen LogP contribution in [0.15, 0.2) is 42.5 Å². The lowest BCUT2D eigenvalue weighted by Gasteiger charge is -2.18. The second-order valence-corrected chi connectivity index (χ2v) is 7.10. The van der Waals surface area contributed by atoms with E-state index in [2.05, 4.69) is 17.2 Å². The fraction of sp³-hybridized carbons (Fsp3) is 0.318. The van der Waals surface area contributed by atoms with Gasteiger partial charge in [0, 0.05) is 27.8 Å². The van der Waals surface area contributed by atoms with Crippen LogP contribution in [0, 0.1) is 5.92 Å². The number of hydrogen-bond donors (Lipinski definition) is 2. The largest absolute Gasteiger partial charge is 0.494 e. The highest BCUT2D eigenvalue weighted by atomic mass is 16.5. The Morgan fingerprint density at radius 3 is 2.81 bits per heavy atom. The minimum absolute atomic E-state index is 0.0881. The molecule has 1 aliphatic carbocycles. The highest BCUT2D eigenvalue weighted by Gasteiger charge is 2.20. The number of carbonyl (C=O) groups excluding carboxylic acids is 1. The molecule has 4 nitrogen and oxygen atoms in total. The van der Waals surface area contributed by atoms with Gasteiger partial charge in [-0.3, -0.25) is 4.79 Å². The molecular formula is C22H24N2O2. The highest BCUT2D eigenvalue weighted by Crippen LogP contribution is 2.32. The molecule has 1 aliphatic rings. The smallest absolute Gasteiger partial charge is 0.255 e. The number of benzene rings is 2. The van der Waals surface area contributed by atoms with Crippen molar-refractivity contribution in [2.75, 3.05) is 11.9 Å². The fourth-order valence-electron chi connectivity index (χ4n) is 3.74. The number of carbonyl (C=O) groups is 1. The van der Waals surface area contributed by atoms with Gasteiger partial charge in [-0.05, 0) is 80.1 Å². The van der Waals surface area contributed by atoms with E-state index in [1.54, 1.807) is 0 Å². The summed E-state index contributed by atoms with van der Waals surface area (Å²) in [6, 6.07) is 13.4. The average molecular weight is 348 g/mol. The minimum Gasteiger partial charge on any atom is -0.494 e. The van der Waals surface area contributed by atoms with Gasteiger partial charge in [0.2, 0.25) is 0 Å². The van der Waals surface area contributed by atoms with Crippen LogP contribution in [0.25, 0.3) is 10.9 Å². The maximum atomic E-state index is 12.7. The molecule has 1 atom stereocenters. The minimum atomic E-state index is -0.0881. The first kappa shape index (κ1) is 16.7. The zero-order chi connectivity index (χ0) is 18.1. The first-order valence-electron chi connectivity index (χ1n) is 9.31. The van der Waals surface area contributed by atoms with Crippen molar-refractivity contribution < 1.29 is 9.53 Å². The summed E-state index contributed by atoms with van der Waals surface area (Å²) >= 11 is 0. The van der Waals surface area contributed by atoms with Gasteiger partial charge in [-0.1, -0.05) is 6.92 Å². The Kier molecular flexibility index (Phi) is 4.41. The number of amides is 1. The van der Waals surface area contributed by atoms with E-state index in [4.69, 9.17) is 4.74 Å². The quantitative estimate of drug-likeness (QED) is 0.701. The molecule has 0 spiro atoms. The molecule has 2 N–H and O–H groups in total. The van der Waals surface area contributed by atoms with Crippen molar-refractivity contribution in [3.8, 4) is 5.75 Å². The summed E-state index contributed by atoms with van der Waals surface area (Å²) in [5.74, 6) is 1.41. The normalized spacial score (nSPS) is 16.3. The molecule has 1 unspecified atom stereocenters. The summed E-state index contributed by atoms with van der Waals surface area (Å²) in [4.78, 5) is 16.2. The Morgan fingerprint density at radius 2 is 2.04 bits per heavy atom. The monoisotopic (exact) mass is 348 g/mol. The Hall–Kier alpha value is -2.75. The van der Waals surface area contributed by atoms with Crippen LogP contribution in [0.5, 0.6) is 5.75 Å². The number of aromatic amines is 1. The van der Waals surface area contributed by atoms with Crippen molar-refractivity contribution in [3.63, 3.8) is 0 Å².